The van der Waals surface area contributed by atoms with Crippen molar-refractivity contribution >= 4 is 0 Å². The Kier molecular flexibility index (Phi) is 3.10. The topological polar surface area (TPSA) is 18.5 Å². The third-order valence-electron chi connectivity index (χ3n) is 3.96. The standard InChI is InChI=1S/C11H23N3/c1-12-11(4-3-5-11)10-14-8-6-13(2)7-9-14/h12H,3-10H2,1-2H3. The van der Waals surface area contributed by atoms with Crippen molar-refractivity contribution in [1.82, 2.24) is 15.1 Å². The third kappa shape index (κ3) is 2.10. The quantitative estimate of drug-likeness (QED) is 0.705. The van der Waals surface area contributed by atoms with Crippen molar-refractivity contribution in [3.63, 3.8) is 0 Å². The summed E-state index contributed by atoms with van der Waals surface area (Å²) in [5.74, 6) is 0. The van der Waals surface area contributed by atoms with Gasteiger partial charge in [-0.25, -0.2) is 0 Å². The molecule has 1 N–H and O–H groups in total. The van der Waals surface area contributed by atoms with Crippen LogP contribution in [-0.2, 0) is 0 Å². The van der Waals surface area contributed by atoms with E-state index >= 15 is 0 Å². The zero-order valence-electron chi connectivity index (χ0n) is 9.55. The molecule has 3 heteroatoms. The molecular weight excluding hydrogens is 174 g/mol. The number of nitrogens with one attached hydrogen (secondary N) is 1. The van der Waals surface area contributed by atoms with Gasteiger partial charge in [0.15, 0.2) is 0 Å². The minimum atomic E-state index is 0.468. The van der Waals surface area contributed by atoms with Gasteiger partial charge in [-0.15, -0.1) is 0 Å². The number of likely N-dealkylation sites (N-methyl/N-ethyl adjacent to an activating group) is 2. The van der Waals surface area contributed by atoms with Crippen molar-refractivity contribution in [2.75, 3.05) is 46.8 Å². The Hall–Kier alpha value is -0.120. The summed E-state index contributed by atoms with van der Waals surface area (Å²) in [5, 5.41) is 3.52. The second-order valence-electron chi connectivity index (χ2n) is 4.96. The minimum Gasteiger partial charge on any atom is -0.313 e. The summed E-state index contributed by atoms with van der Waals surface area (Å²) in [6.45, 7) is 6.23. The van der Waals surface area contributed by atoms with Crippen LogP contribution < -0.4 is 5.32 Å². The summed E-state index contributed by atoms with van der Waals surface area (Å²) >= 11 is 0. The molecule has 0 amide bonds. The molecule has 0 spiro atoms. The van der Waals surface area contributed by atoms with Crippen molar-refractivity contribution in [2.45, 2.75) is 24.8 Å². The van der Waals surface area contributed by atoms with Crippen molar-refractivity contribution in [1.29, 1.82) is 0 Å². The van der Waals surface area contributed by atoms with Gasteiger partial charge < -0.3 is 10.2 Å². The van der Waals surface area contributed by atoms with Crippen LogP contribution in [0.1, 0.15) is 19.3 Å². The second kappa shape index (κ2) is 4.17. The molecule has 2 fully saturated rings. The summed E-state index contributed by atoms with van der Waals surface area (Å²) in [4.78, 5) is 5.04. The van der Waals surface area contributed by atoms with Crippen molar-refractivity contribution in [3.05, 3.63) is 0 Å². The third-order valence-corrected chi connectivity index (χ3v) is 3.96. The molecule has 0 bridgehead atoms. The minimum absolute atomic E-state index is 0.468. The molecule has 3 nitrogen and oxygen atoms in total. The van der Waals surface area contributed by atoms with Crippen LogP contribution in [0.5, 0.6) is 0 Å². The van der Waals surface area contributed by atoms with E-state index in [1.54, 1.807) is 0 Å². The lowest BCUT2D eigenvalue weighted by Crippen LogP contribution is -2.59. The number of rotatable bonds is 3. The van der Waals surface area contributed by atoms with E-state index < -0.39 is 0 Å². The normalized spacial score (nSPS) is 28.7. The van der Waals surface area contributed by atoms with Gasteiger partial charge in [-0.1, -0.05) is 0 Å². The zero-order valence-corrected chi connectivity index (χ0v) is 9.55. The molecule has 2 aliphatic rings. The van der Waals surface area contributed by atoms with Crippen molar-refractivity contribution < 1.29 is 0 Å². The van der Waals surface area contributed by atoms with Crippen LogP contribution in [0.25, 0.3) is 0 Å². The highest BCUT2D eigenvalue weighted by Crippen LogP contribution is 2.32. The van der Waals surface area contributed by atoms with Crippen LogP contribution in [0.4, 0.5) is 0 Å². The first-order valence-corrected chi connectivity index (χ1v) is 5.84. The Morgan fingerprint density at radius 1 is 1.14 bits per heavy atom. The predicted octanol–water partition coefficient (Wildman–Crippen LogP) is 0.376. The zero-order chi connectivity index (χ0) is 10.0. The van der Waals surface area contributed by atoms with Gasteiger partial charge in [0.2, 0.25) is 0 Å². The van der Waals surface area contributed by atoms with E-state index in [-0.39, 0.29) is 0 Å². The maximum Gasteiger partial charge on any atom is 0.0306 e. The highest BCUT2D eigenvalue weighted by Gasteiger charge is 2.37. The Labute approximate surface area is 87.4 Å². The van der Waals surface area contributed by atoms with Crippen LogP contribution in [0, 0.1) is 0 Å². The molecule has 1 heterocycles. The molecule has 0 aromatic heterocycles. The lowest BCUT2D eigenvalue weighted by atomic mass is 9.76. The second-order valence-corrected chi connectivity index (χ2v) is 4.96. The van der Waals surface area contributed by atoms with Crippen molar-refractivity contribution in [3.8, 4) is 0 Å². The van der Waals surface area contributed by atoms with Crippen LogP contribution in [0.3, 0.4) is 0 Å². The lowest BCUT2D eigenvalue weighted by molar-refractivity contribution is 0.0799. The molecular formula is C11H23N3. The summed E-state index contributed by atoms with van der Waals surface area (Å²) < 4.78 is 0. The fourth-order valence-electron chi connectivity index (χ4n) is 2.52. The molecule has 0 atom stereocenters. The molecule has 82 valence electrons. The van der Waals surface area contributed by atoms with E-state index in [1.165, 1.54) is 52.0 Å². The highest BCUT2D eigenvalue weighted by atomic mass is 15.3. The maximum absolute atomic E-state index is 3.52. The highest BCUT2D eigenvalue weighted by molar-refractivity contribution is 4.97. The predicted molar refractivity (Wildman–Crippen MR) is 59.6 cm³/mol. The average molecular weight is 197 g/mol. The largest absolute Gasteiger partial charge is 0.313 e. The Morgan fingerprint density at radius 3 is 2.21 bits per heavy atom. The van der Waals surface area contributed by atoms with E-state index in [0.29, 0.717) is 5.54 Å². The van der Waals surface area contributed by atoms with Gasteiger partial charge in [0.1, 0.15) is 0 Å². The molecule has 1 aliphatic heterocycles. The first kappa shape index (κ1) is 10.4. The molecule has 0 unspecified atom stereocenters. The van der Waals surface area contributed by atoms with Gasteiger partial charge in [-0.3, -0.25) is 4.90 Å². The number of piperazine rings is 1. The van der Waals surface area contributed by atoms with Crippen LogP contribution in [0.2, 0.25) is 0 Å². The number of nitrogens with zero attached hydrogens (tertiary/aromatic N) is 2. The summed E-state index contributed by atoms with van der Waals surface area (Å²) in [5.41, 5.74) is 0.468. The molecule has 1 saturated heterocycles. The Morgan fingerprint density at radius 2 is 1.79 bits per heavy atom. The SMILES string of the molecule is CNC1(CN2CCN(C)CC2)CCC1. The van der Waals surface area contributed by atoms with Crippen molar-refractivity contribution in [2.24, 2.45) is 0 Å². The molecule has 0 aromatic rings. The van der Waals surface area contributed by atoms with Crippen LogP contribution in [-0.4, -0.2) is 62.2 Å². The molecule has 0 aromatic carbocycles. The monoisotopic (exact) mass is 197 g/mol. The molecule has 0 radical (unpaired) electrons. The first-order valence-electron chi connectivity index (χ1n) is 5.84. The number of hydrogen-bond donors (Lipinski definition) is 1. The van der Waals surface area contributed by atoms with Crippen LogP contribution >= 0.6 is 0 Å². The molecule has 2 rings (SSSR count). The smallest absolute Gasteiger partial charge is 0.0306 e. The van der Waals surface area contributed by atoms with Gasteiger partial charge in [0.05, 0.1) is 0 Å². The molecule has 14 heavy (non-hydrogen) atoms. The van der Waals surface area contributed by atoms with Gasteiger partial charge in [-0.2, -0.15) is 0 Å². The summed E-state index contributed by atoms with van der Waals surface area (Å²) in [6, 6.07) is 0. The Bertz CT molecular complexity index is 175. The summed E-state index contributed by atoms with van der Waals surface area (Å²) in [7, 11) is 4.34. The fourth-order valence-corrected chi connectivity index (χ4v) is 2.52. The first-order chi connectivity index (χ1) is 6.74. The van der Waals surface area contributed by atoms with E-state index in [1.807, 2.05) is 0 Å². The molecule has 1 saturated carbocycles. The summed E-state index contributed by atoms with van der Waals surface area (Å²) in [6.07, 6.45) is 4.15. The van der Waals surface area contributed by atoms with E-state index in [4.69, 9.17) is 0 Å². The van der Waals surface area contributed by atoms with Gasteiger partial charge in [0.25, 0.3) is 0 Å². The number of hydrogen-bond acceptors (Lipinski definition) is 3. The van der Waals surface area contributed by atoms with Crippen LogP contribution in [0.15, 0.2) is 0 Å². The van der Waals surface area contributed by atoms with E-state index in [2.05, 4.69) is 29.2 Å². The lowest BCUT2D eigenvalue weighted by Gasteiger charge is -2.46. The van der Waals surface area contributed by atoms with E-state index in [0.717, 1.165) is 0 Å². The van der Waals surface area contributed by atoms with Gasteiger partial charge in [-0.05, 0) is 33.4 Å². The fraction of sp³-hybridized carbons (Fsp3) is 1.00. The maximum atomic E-state index is 3.52. The van der Waals surface area contributed by atoms with Gasteiger partial charge in [0, 0.05) is 38.3 Å². The molecule has 1 aliphatic carbocycles. The van der Waals surface area contributed by atoms with Gasteiger partial charge >= 0.3 is 0 Å². The average Bonchev–Trinajstić information content (AvgIpc) is 2.15. The van der Waals surface area contributed by atoms with E-state index in [9.17, 15) is 0 Å². The Balaban J connectivity index is 1.79.